The average molecular weight is 225 g/mol. The van der Waals surface area contributed by atoms with Gasteiger partial charge in [0.1, 0.15) is 0 Å². The number of hydrogen-bond acceptors (Lipinski definition) is 2. The van der Waals surface area contributed by atoms with Crippen molar-refractivity contribution in [3.8, 4) is 0 Å². The fraction of sp³-hybridized carbons (Fsp3) is 0.455. The lowest BCUT2D eigenvalue weighted by Gasteiger charge is -2.11. The Bertz CT molecular complexity index is 492. The topological polar surface area (TPSA) is 46.2 Å². The quantitative estimate of drug-likeness (QED) is 0.734. The number of benzene rings is 1. The van der Waals surface area contributed by atoms with E-state index in [1.807, 2.05) is 19.9 Å². The smallest absolute Gasteiger partial charge is 0.232 e. The Morgan fingerprint density at radius 2 is 2.00 bits per heavy atom. The van der Waals surface area contributed by atoms with Crippen LogP contribution in [0, 0.1) is 13.8 Å². The first-order chi connectivity index (χ1) is 6.98. The molecular formula is C11H15NO2S. The van der Waals surface area contributed by atoms with E-state index in [9.17, 15) is 8.42 Å². The maximum Gasteiger partial charge on any atom is 0.232 e. The third-order valence-electron chi connectivity index (χ3n) is 2.68. The van der Waals surface area contributed by atoms with Gasteiger partial charge < -0.3 is 0 Å². The van der Waals surface area contributed by atoms with Crippen LogP contribution >= 0.6 is 0 Å². The number of fused-ring (bicyclic) bond motifs is 1. The molecule has 0 atom stereocenters. The molecule has 0 bridgehead atoms. The third-order valence-corrected chi connectivity index (χ3v) is 4.02. The van der Waals surface area contributed by atoms with Gasteiger partial charge in [0.15, 0.2) is 0 Å². The van der Waals surface area contributed by atoms with E-state index < -0.39 is 10.0 Å². The molecule has 1 heterocycles. The highest BCUT2D eigenvalue weighted by atomic mass is 32.2. The van der Waals surface area contributed by atoms with Crippen LogP contribution < -0.4 is 4.72 Å². The molecule has 1 aliphatic heterocycles. The zero-order valence-corrected chi connectivity index (χ0v) is 9.82. The SMILES string of the molecule is Cc1cc(C)c2c(c1)CCCS(=O)(=O)N2. The van der Waals surface area contributed by atoms with Gasteiger partial charge in [-0.15, -0.1) is 0 Å². The van der Waals surface area contributed by atoms with Gasteiger partial charge >= 0.3 is 0 Å². The monoisotopic (exact) mass is 225 g/mol. The summed E-state index contributed by atoms with van der Waals surface area (Å²) in [5.74, 6) is 0.222. The van der Waals surface area contributed by atoms with Gasteiger partial charge in [-0.1, -0.05) is 17.7 Å². The minimum absolute atomic E-state index is 0.222. The van der Waals surface area contributed by atoms with Crippen molar-refractivity contribution in [3.63, 3.8) is 0 Å². The Kier molecular flexibility index (Phi) is 2.46. The molecular weight excluding hydrogens is 210 g/mol. The Morgan fingerprint density at radius 1 is 1.27 bits per heavy atom. The second-order valence-electron chi connectivity index (χ2n) is 4.14. The summed E-state index contributed by atoms with van der Waals surface area (Å²) < 4.78 is 25.8. The first-order valence-corrected chi connectivity index (χ1v) is 6.74. The van der Waals surface area contributed by atoms with E-state index in [4.69, 9.17) is 0 Å². The molecule has 0 spiro atoms. The molecule has 0 amide bonds. The highest BCUT2D eigenvalue weighted by Crippen LogP contribution is 2.27. The van der Waals surface area contributed by atoms with E-state index in [0.29, 0.717) is 6.42 Å². The Hall–Kier alpha value is -1.03. The maximum absolute atomic E-state index is 11.6. The number of rotatable bonds is 0. The van der Waals surface area contributed by atoms with Crippen LogP contribution in [0.25, 0.3) is 0 Å². The normalized spacial score (nSPS) is 18.8. The summed E-state index contributed by atoms with van der Waals surface area (Å²) in [5, 5.41) is 0. The molecule has 2 rings (SSSR count). The summed E-state index contributed by atoms with van der Waals surface area (Å²) in [4.78, 5) is 0. The van der Waals surface area contributed by atoms with Crippen LogP contribution in [0.2, 0.25) is 0 Å². The summed E-state index contributed by atoms with van der Waals surface area (Å²) in [5.41, 5.74) is 4.11. The molecule has 1 N–H and O–H groups in total. The number of aryl methyl sites for hydroxylation is 3. The van der Waals surface area contributed by atoms with Gasteiger partial charge in [-0.25, -0.2) is 8.42 Å². The minimum atomic E-state index is -3.12. The first kappa shape index (κ1) is 10.5. The molecule has 15 heavy (non-hydrogen) atoms. The summed E-state index contributed by atoms with van der Waals surface area (Å²) >= 11 is 0. The van der Waals surface area contributed by atoms with E-state index in [1.165, 1.54) is 5.56 Å². The number of anilines is 1. The second kappa shape index (κ2) is 3.52. The maximum atomic E-state index is 11.6. The molecule has 1 aromatic carbocycles. The summed E-state index contributed by atoms with van der Waals surface area (Å²) in [6, 6.07) is 4.07. The fourth-order valence-corrected chi connectivity index (χ4v) is 3.29. The average Bonchev–Trinajstić information content (AvgIpc) is 2.23. The first-order valence-electron chi connectivity index (χ1n) is 5.08. The van der Waals surface area contributed by atoms with Crippen molar-refractivity contribution in [1.29, 1.82) is 0 Å². The van der Waals surface area contributed by atoms with E-state index in [0.717, 1.165) is 23.2 Å². The molecule has 0 fully saturated rings. The highest BCUT2D eigenvalue weighted by molar-refractivity contribution is 7.92. The van der Waals surface area contributed by atoms with Gasteiger partial charge in [0.25, 0.3) is 0 Å². The van der Waals surface area contributed by atoms with Crippen molar-refractivity contribution in [1.82, 2.24) is 0 Å². The van der Waals surface area contributed by atoms with Crippen molar-refractivity contribution < 1.29 is 8.42 Å². The Labute approximate surface area is 90.6 Å². The van der Waals surface area contributed by atoms with Gasteiger partial charge in [0, 0.05) is 0 Å². The number of nitrogens with one attached hydrogen (secondary N) is 1. The lowest BCUT2D eigenvalue weighted by atomic mass is 10.0. The van der Waals surface area contributed by atoms with Crippen LogP contribution in [0.5, 0.6) is 0 Å². The van der Waals surface area contributed by atoms with Gasteiger partial charge in [-0.2, -0.15) is 0 Å². The molecule has 1 aromatic rings. The van der Waals surface area contributed by atoms with E-state index in [2.05, 4.69) is 10.8 Å². The van der Waals surface area contributed by atoms with Crippen LogP contribution in [0.4, 0.5) is 5.69 Å². The Morgan fingerprint density at radius 3 is 2.73 bits per heavy atom. The van der Waals surface area contributed by atoms with Crippen LogP contribution in [0.15, 0.2) is 12.1 Å². The molecule has 0 radical (unpaired) electrons. The summed E-state index contributed by atoms with van der Waals surface area (Å²) in [6.07, 6.45) is 1.54. The molecule has 0 saturated heterocycles. The van der Waals surface area contributed by atoms with Gasteiger partial charge in [0.05, 0.1) is 11.4 Å². The van der Waals surface area contributed by atoms with Crippen molar-refractivity contribution >= 4 is 15.7 Å². The third kappa shape index (κ3) is 2.15. The standard InChI is InChI=1S/C11H15NO2S/c1-8-6-9(2)11-10(7-8)4-3-5-15(13,14)12-11/h6-7,12H,3-5H2,1-2H3. The van der Waals surface area contributed by atoms with Crippen LogP contribution in [0.1, 0.15) is 23.1 Å². The molecule has 0 aliphatic carbocycles. The lowest BCUT2D eigenvalue weighted by molar-refractivity contribution is 0.599. The van der Waals surface area contributed by atoms with Crippen LogP contribution in [0.3, 0.4) is 0 Å². The summed E-state index contributed by atoms with van der Waals surface area (Å²) in [7, 11) is -3.12. The largest absolute Gasteiger partial charge is 0.283 e. The highest BCUT2D eigenvalue weighted by Gasteiger charge is 2.19. The zero-order chi connectivity index (χ0) is 11.1. The molecule has 3 nitrogen and oxygen atoms in total. The summed E-state index contributed by atoms with van der Waals surface area (Å²) in [6.45, 7) is 3.98. The van der Waals surface area contributed by atoms with E-state index in [-0.39, 0.29) is 5.75 Å². The van der Waals surface area contributed by atoms with Gasteiger partial charge in [-0.3, -0.25) is 4.72 Å². The van der Waals surface area contributed by atoms with Crippen LogP contribution in [-0.2, 0) is 16.4 Å². The zero-order valence-electron chi connectivity index (χ0n) is 9.00. The molecule has 0 unspecified atom stereocenters. The number of sulfonamides is 1. The Balaban J connectivity index is 2.57. The molecule has 82 valence electrons. The predicted octanol–water partition coefficient (Wildman–Crippen LogP) is 1.99. The molecule has 0 aromatic heterocycles. The predicted molar refractivity (Wildman–Crippen MR) is 61.6 cm³/mol. The minimum Gasteiger partial charge on any atom is -0.283 e. The van der Waals surface area contributed by atoms with Crippen molar-refractivity contribution in [3.05, 3.63) is 28.8 Å². The molecule has 4 heteroatoms. The van der Waals surface area contributed by atoms with Crippen molar-refractivity contribution in [2.24, 2.45) is 0 Å². The van der Waals surface area contributed by atoms with Gasteiger partial charge in [-0.05, 0) is 37.8 Å². The lowest BCUT2D eigenvalue weighted by Crippen LogP contribution is -2.15. The van der Waals surface area contributed by atoms with Crippen LogP contribution in [-0.4, -0.2) is 14.2 Å². The molecule has 0 saturated carbocycles. The molecule has 1 aliphatic rings. The van der Waals surface area contributed by atoms with E-state index >= 15 is 0 Å². The van der Waals surface area contributed by atoms with Crippen molar-refractivity contribution in [2.45, 2.75) is 26.7 Å². The van der Waals surface area contributed by atoms with E-state index in [1.54, 1.807) is 0 Å². The van der Waals surface area contributed by atoms with Crippen molar-refractivity contribution in [2.75, 3.05) is 10.5 Å². The number of hydrogen-bond donors (Lipinski definition) is 1. The second-order valence-corrected chi connectivity index (χ2v) is 5.98. The fourth-order valence-electron chi connectivity index (χ4n) is 2.06. The van der Waals surface area contributed by atoms with Gasteiger partial charge in [0.2, 0.25) is 10.0 Å².